The molecule has 0 saturated heterocycles. The van der Waals surface area contributed by atoms with E-state index < -0.39 is 50.8 Å². The van der Waals surface area contributed by atoms with Gasteiger partial charge in [-0.1, -0.05) is 109 Å². The Balaban J connectivity index is 1.69. The number of aliphatic hydroxyl groups is 3. The Morgan fingerprint density at radius 3 is 2.07 bits per heavy atom. The van der Waals surface area contributed by atoms with Crippen LogP contribution in [0.1, 0.15) is 171 Å². The van der Waals surface area contributed by atoms with E-state index in [1.165, 1.54) is 30.4 Å². The number of carbonyl (C=O) groups is 2. The number of phosphoric acid groups is 1. The number of allylic oxidation sites excluding steroid dienone is 2. The van der Waals surface area contributed by atoms with E-state index in [0.29, 0.717) is 32.1 Å². The fourth-order valence-electron chi connectivity index (χ4n) is 7.75. The molecule has 1 aliphatic carbocycles. The summed E-state index contributed by atoms with van der Waals surface area (Å²) in [5, 5.41) is 31.3. The van der Waals surface area contributed by atoms with Crippen molar-refractivity contribution in [3.05, 3.63) is 47.0 Å². The normalized spacial score (nSPS) is 20.1. The largest absolute Gasteiger partial charge is 0.472 e. The maximum atomic E-state index is 12.7. The Morgan fingerprint density at radius 2 is 1.41 bits per heavy atom. The number of phosphoric ester groups is 1. The Kier molecular flexibility index (Phi) is 29.0. The summed E-state index contributed by atoms with van der Waals surface area (Å²) in [6.45, 7) is 7.64. The van der Waals surface area contributed by atoms with Gasteiger partial charge < -0.3 is 39.8 Å². The van der Waals surface area contributed by atoms with Crippen LogP contribution in [0.5, 0.6) is 0 Å². The molecule has 1 aromatic rings. The van der Waals surface area contributed by atoms with Crippen LogP contribution in [0.25, 0.3) is 0 Å². The van der Waals surface area contributed by atoms with Gasteiger partial charge in [-0.15, -0.1) is 0 Å². The number of esters is 2. The molecule has 1 heterocycles. The maximum absolute atomic E-state index is 12.7. The SMILES string of the molecule is CCCCCc1oc(CCCCCCCCCCC(=O)O[C@H](COC(=O)CCC/C=C/C[C@@H]2[C@@H](/C=C/[C@@H](O)CCCCC)[C@H](O)C[C@@H]2O)COP(=O)(O)OCCN)c(C)c1C. The van der Waals surface area contributed by atoms with Crippen LogP contribution >= 0.6 is 7.82 Å². The lowest BCUT2D eigenvalue weighted by Crippen LogP contribution is -2.29. The minimum atomic E-state index is -4.45. The van der Waals surface area contributed by atoms with Crippen LogP contribution in [0.3, 0.4) is 0 Å². The molecule has 0 spiro atoms. The molecule has 14 heteroatoms. The molecule has 2 rings (SSSR count). The van der Waals surface area contributed by atoms with Gasteiger partial charge in [-0.2, -0.15) is 0 Å². The molecule has 0 radical (unpaired) electrons. The predicted molar refractivity (Wildman–Crippen MR) is 239 cm³/mol. The molecule has 0 bridgehead atoms. The molecule has 13 nitrogen and oxygen atoms in total. The first-order valence-electron chi connectivity index (χ1n) is 23.4. The summed E-state index contributed by atoms with van der Waals surface area (Å²) in [5.74, 6) is 0.848. The quantitative estimate of drug-likeness (QED) is 0.0185. The number of aryl methyl sites for hydroxylation is 2. The van der Waals surface area contributed by atoms with Gasteiger partial charge >= 0.3 is 19.8 Å². The van der Waals surface area contributed by atoms with E-state index in [1.807, 2.05) is 18.2 Å². The molecule has 0 aromatic carbocycles. The Bertz CT molecular complexity index is 1450. The lowest BCUT2D eigenvalue weighted by atomic mass is 9.89. The fraction of sp³-hybridized carbons (Fsp3) is 0.787. The number of hydrogen-bond donors (Lipinski definition) is 5. The highest BCUT2D eigenvalue weighted by molar-refractivity contribution is 7.47. The highest BCUT2D eigenvalue weighted by atomic mass is 31.2. The first kappa shape index (κ1) is 54.8. The Morgan fingerprint density at radius 1 is 0.803 bits per heavy atom. The second kappa shape index (κ2) is 32.3. The third-order valence-corrected chi connectivity index (χ3v) is 12.6. The minimum absolute atomic E-state index is 0.0121. The molecule has 6 N–H and O–H groups in total. The number of furan rings is 1. The van der Waals surface area contributed by atoms with Crippen molar-refractivity contribution in [3.8, 4) is 0 Å². The molecule has 61 heavy (non-hydrogen) atoms. The molecule has 0 aliphatic heterocycles. The van der Waals surface area contributed by atoms with Gasteiger partial charge in [0.05, 0.1) is 31.5 Å². The lowest BCUT2D eigenvalue weighted by Gasteiger charge is -2.20. The average Bonchev–Trinajstić information content (AvgIpc) is 3.66. The van der Waals surface area contributed by atoms with Crippen molar-refractivity contribution >= 4 is 19.8 Å². The zero-order valence-electron chi connectivity index (χ0n) is 37.9. The van der Waals surface area contributed by atoms with E-state index in [-0.39, 0.29) is 50.9 Å². The average molecular weight is 884 g/mol. The van der Waals surface area contributed by atoms with Crippen LogP contribution in [-0.2, 0) is 45.5 Å². The first-order valence-corrected chi connectivity index (χ1v) is 24.9. The number of nitrogens with two attached hydrogens (primary N) is 1. The predicted octanol–water partition coefficient (Wildman–Crippen LogP) is 9.20. The van der Waals surface area contributed by atoms with Crippen LogP contribution in [0, 0.1) is 25.7 Å². The van der Waals surface area contributed by atoms with Gasteiger partial charge in [0.1, 0.15) is 18.1 Å². The van der Waals surface area contributed by atoms with E-state index in [0.717, 1.165) is 88.6 Å². The second-order valence-corrected chi connectivity index (χ2v) is 18.3. The van der Waals surface area contributed by atoms with Gasteiger partial charge in [0, 0.05) is 44.6 Å². The van der Waals surface area contributed by atoms with E-state index in [4.69, 9.17) is 28.7 Å². The van der Waals surface area contributed by atoms with Crippen LogP contribution < -0.4 is 5.73 Å². The van der Waals surface area contributed by atoms with E-state index >= 15 is 0 Å². The summed E-state index contributed by atoms with van der Waals surface area (Å²) < 4.78 is 39.1. The highest BCUT2D eigenvalue weighted by Crippen LogP contribution is 2.43. The van der Waals surface area contributed by atoms with E-state index in [9.17, 15) is 34.4 Å². The monoisotopic (exact) mass is 884 g/mol. The maximum Gasteiger partial charge on any atom is 0.472 e. The van der Waals surface area contributed by atoms with Crippen molar-refractivity contribution in [3.63, 3.8) is 0 Å². The number of unbranched alkanes of at least 4 members (excludes halogenated alkanes) is 12. The zero-order chi connectivity index (χ0) is 44.9. The number of rotatable bonds is 36. The highest BCUT2D eigenvalue weighted by Gasteiger charge is 2.39. The van der Waals surface area contributed by atoms with Crippen LogP contribution in [-0.4, -0.2) is 82.9 Å². The zero-order valence-corrected chi connectivity index (χ0v) is 38.8. The smallest absolute Gasteiger partial charge is 0.466 e. The number of carbonyl (C=O) groups excluding carboxylic acids is 2. The number of hydrogen-bond acceptors (Lipinski definition) is 12. The summed E-state index contributed by atoms with van der Waals surface area (Å²) in [6.07, 6.45) is 24.2. The van der Waals surface area contributed by atoms with Gasteiger partial charge in [-0.25, -0.2) is 4.57 Å². The van der Waals surface area contributed by atoms with Crippen molar-refractivity contribution in [2.75, 3.05) is 26.4 Å². The summed E-state index contributed by atoms with van der Waals surface area (Å²) in [7, 11) is -4.45. The molecule has 7 atom stereocenters. The molecule has 0 amide bonds. The Labute approximate surface area is 366 Å². The lowest BCUT2D eigenvalue weighted by molar-refractivity contribution is -0.161. The van der Waals surface area contributed by atoms with Crippen LogP contribution in [0.15, 0.2) is 28.7 Å². The fourth-order valence-corrected chi connectivity index (χ4v) is 8.51. The first-order chi connectivity index (χ1) is 29.3. The standard InChI is InChI=1S/C47H82NO12P/c1-5-7-17-23-38(49)29-30-41-40(42(50)33-43(41)51)24-19-15-16-21-27-46(52)56-34-39(35-58-61(54,55)57-32-31-48)59-47(53)28-22-14-12-10-9-11-13-20-26-45-37(4)36(3)44(60-45)25-18-8-6-2/h15,19,29-30,38-43,49-51H,5-14,16-18,20-28,31-35,48H2,1-4H3,(H,54,55)/b19-15+,30-29+/t38-,39+,40+,41+,42-,43+/m0/s1. The van der Waals surface area contributed by atoms with Crippen molar-refractivity contribution in [1.82, 2.24) is 0 Å². The van der Waals surface area contributed by atoms with Gasteiger partial charge in [0.2, 0.25) is 0 Å². The summed E-state index contributed by atoms with van der Waals surface area (Å²) in [6, 6.07) is 0. The molecule has 1 fully saturated rings. The third-order valence-electron chi connectivity index (χ3n) is 11.6. The molecule has 352 valence electrons. The molecular formula is C47H82NO12P. The minimum Gasteiger partial charge on any atom is -0.466 e. The van der Waals surface area contributed by atoms with Gasteiger partial charge in [0.25, 0.3) is 0 Å². The van der Waals surface area contributed by atoms with Crippen LogP contribution in [0.2, 0.25) is 0 Å². The summed E-state index contributed by atoms with van der Waals surface area (Å²) >= 11 is 0. The van der Waals surface area contributed by atoms with Gasteiger partial charge in [-0.05, 0) is 75.8 Å². The van der Waals surface area contributed by atoms with E-state index in [2.05, 4.69) is 27.7 Å². The number of ether oxygens (including phenoxy) is 2. The third kappa shape index (κ3) is 23.8. The summed E-state index contributed by atoms with van der Waals surface area (Å²) in [5.41, 5.74) is 7.98. The molecular weight excluding hydrogens is 801 g/mol. The Hall–Kier alpha value is -2.35. The molecule has 1 unspecified atom stereocenters. The van der Waals surface area contributed by atoms with Crippen molar-refractivity contribution < 1.29 is 57.3 Å². The van der Waals surface area contributed by atoms with Crippen LogP contribution in [0.4, 0.5) is 0 Å². The van der Waals surface area contributed by atoms with Gasteiger partial charge in [-0.3, -0.25) is 18.6 Å². The van der Waals surface area contributed by atoms with Crippen molar-refractivity contribution in [2.45, 2.75) is 200 Å². The molecule has 1 saturated carbocycles. The van der Waals surface area contributed by atoms with E-state index in [1.54, 1.807) is 6.08 Å². The molecule has 1 aromatic heterocycles. The van der Waals surface area contributed by atoms with Crippen molar-refractivity contribution in [1.29, 1.82) is 0 Å². The number of aliphatic hydroxyl groups excluding tert-OH is 3. The summed E-state index contributed by atoms with van der Waals surface area (Å²) in [4.78, 5) is 35.2. The second-order valence-electron chi connectivity index (χ2n) is 16.8. The topological polar surface area (TPSA) is 208 Å². The van der Waals surface area contributed by atoms with Crippen molar-refractivity contribution in [2.24, 2.45) is 17.6 Å². The molecule has 1 aliphatic rings. The van der Waals surface area contributed by atoms with Gasteiger partial charge in [0.15, 0.2) is 6.10 Å².